The fourth-order valence-electron chi connectivity index (χ4n) is 2.19. The van der Waals surface area contributed by atoms with E-state index in [2.05, 4.69) is 42.3 Å². The minimum absolute atomic E-state index is 1.10. The van der Waals surface area contributed by atoms with Crippen LogP contribution in [0.2, 0.25) is 0 Å². The molecule has 0 aliphatic carbocycles. The lowest BCUT2D eigenvalue weighted by molar-refractivity contribution is -0.476. The number of halogens is 3. The SMILES string of the molecule is CCN(CC)C(N1CCCC1)=[N+](C)C.O=S(=O)([O-])C(F)(F)F. The summed E-state index contributed by atoms with van der Waals surface area (Å²) in [7, 11) is -1.80. The van der Waals surface area contributed by atoms with Crippen molar-refractivity contribution in [3.8, 4) is 0 Å². The Balaban J connectivity index is 0.000000472. The van der Waals surface area contributed by atoms with Crippen molar-refractivity contribution in [3.63, 3.8) is 0 Å². The number of alkyl halides is 3. The van der Waals surface area contributed by atoms with Gasteiger partial charge in [-0.3, -0.25) is 14.4 Å². The van der Waals surface area contributed by atoms with Crippen LogP contribution in [0.25, 0.3) is 0 Å². The van der Waals surface area contributed by atoms with Gasteiger partial charge in [-0.25, -0.2) is 8.42 Å². The third kappa shape index (κ3) is 6.39. The van der Waals surface area contributed by atoms with Crippen LogP contribution in [0, 0.1) is 0 Å². The number of rotatable bonds is 2. The van der Waals surface area contributed by atoms with E-state index in [0.717, 1.165) is 13.1 Å². The lowest BCUT2D eigenvalue weighted by Gasteiger charge is -2.24. The molecule has 132 valence electrons. The second-order valence-corrected chi connectivity index (χ2v) is 6.33. The number of likely N-dealkylation sites (tertiary alicyclic amines) is 1. The Morgan fingerprint density at radius 2 is 1.55 bits per heavy atom. The molecule has 0 aromatic heterocycles. The highest BCUT2D eigenvalue weighted by Gasteiger charge is 2.36. The third-order valence-corrected chi connectivity index (χ3v) is 3.69. The predicted octanol–water partition coefficient (Wildman–Crippen LogP) is 1.10. The maximum atomic E-state index is 10.7. The van der Waals surface area contributed by atoms with E-state index in [1.807, 2.05) is 0 Å². The van der Waals surface area contributed by atoms with Gasteiger partial charge in [-0.2, -0.15) is 13.2 Å². The molecular formula is C12H24F3N3O3S. The van der Waals surface area contributed by atoms with Crippen molar-refractivity contribution >= 4 is 16.1 Å². The Morgan fingerprint density at radius 3 is 1.77 bits per heavy atom. The van der Waals surface area contributed by atoms with Crippen LogP contribution in [0.4, 0.5) is 13.2 Å². The van der Waals surface area contributed by atoms with Crippen molar-refractivity contribution < 1.29 is 30.7 Å². The van der Waals surface area contributed by atoms with Crippen molar-refractivity contribution in [1.29, 1.82) is 0 Å². The summed E-state index contributed by atoms with van der Waals surface area (Å²) >= 11 is 0. The molecule has 1 heterocycles. The highest BCUT2D eigenvalue weighted by atomic mass is 32.2. The van der Waals surface area contributed by atoms with Gasteiger partial charge >= 0.3 is 11.5 Å². The van der Waals surface area contributed by atoms with E-state index in [4.69, 9.17) is 13.0 Å². The number of guanidine groups is 1. The molecule has 1 fully saturated rings. The van der Waals surface area contributed by atoms with Crippen LogP contribution in [-0.2, 0) is 10.1 Å². The Morgan fingerprint density at radius 1 is 1.18 bits per heavy atom. The van der Waals surface area contributed by atoms with Gasteiger partial charge < -0.3 is 4.55 Å². The van der Waals surface area contributed by atoms with Crippen molar-refractivity contribution in [2.45, 2.75) is 32.2 Å². The zero-order valence-corrected chi connectivity index (χ0v) is 14.2. The first kappa shape index (κ1) is 21.0. The van der Waals surface area contributed by atoms with Crippen molar-refractivity contribution in [3.05, 3.63) is 0 Å². The molecule has 0 spiro atoms. The van der Waals surface area contributed by atoms with E-state index in [1.54, 1.807) is 0 Å². The molecule has 1 aliphatic rings. The molecular weight excluding hydrogens is 323 g/mol. The highest BCUT2D eigenvalue weighted by molar-refractivity contribution is 7.86. The first-order valence-corrected chi connectivity index (χ1v) is 8.42. The predicted molar refractivity (Wildman–Crippen MR) is 76.6 cm³/mol. The van der Waals surface area contributed by atoms with Crippen molar-refractivity contribution in [2.24, 2.45) is 0 Å². The number of nitrogens with zero attached hydrogens (tertiary/aromatic N) is 3. The molecule has 1 saturated heterocycles. The Labute approximate surface area is 130 Å². The molecule has 0 N–H and O–H groups in total. The topological polar surface area (TPSA) is 66.7 Å². The molecule has 0 unspecified atom stereocenters. The summed E-state index contributed by atoms with van der Waals surface area (Å²) in [5.41, 5.74) is -5.65. The quantitative estimate of drug-likeness (QED) is 0.246. The van der Waals surface area contributed by atoms with Crippen LogP contribution < -0.4 is 0 Å². The average molecular weight is 347 g/mol. The van der Waals surface area contributed by atoms with Gasteiger partial charge in [0, 0.05) is 0 Å². The summed E-state index contributed by atoms with van der Waals surface area (Å²) in [4.78, 5) is 4.94. The van der Waals surface area contributed by atoms with E-state index in [-0.39, 0.29) is 0 Å². The van der Waals surface area contributed by atoms with Gasteiger partial charge in [-0.1, -0.05) is 0 Å². The van der Waals surface area contributed by atoms with Crippen LogP contribution in [0.1, 0.15) is 26.7 Å². The molecule has 1 aliphatic heterocycles. The average Bonchev–Trinajstić information content (AvgIpc) is 2.86. The van der Waals surface area contributed by atoms with E-state index in [0.29, 0.717) is 0 Å². The standard InChI is InChI=1S/C11H24N3.CHF3O3S/c1-5-13(6-2)11(12(3)4)14-9-7-8-10-14;2-1(3,4)8(5,6)7/h5-10H2,1-4H3;(H,5,6,7)/q+1;/p-1. The van der Waals surface area contributed by atoms with Gasteiger partial charge in [0.15, 0.2) is 10.1 Å². The Kier molecular flexibility index (Phi) is 8.16. The molecule has 0 amide bonds. The maximum absolute atomic E-state index is 10.7. The summed E-state index contributed by atoms with van der Waals surface area (Å²) in [6.07, 6.45) is 2.69. The smallest absolute Gasteiger partial charge is 0.485 e. The monoisotopic (exact) mass is 347 g/mol. The molecule has 1 rings (SSSR count). The van der Waals surface area contributed by atoms with Crippen molar-refractivity contribution in [1.82, 2.24) is 9.80 Å². The Bertz CT molecular complexity index is 460. The normalized spacial score (nSPS) is 15.2. The van der Waals surface area contributed by atoms with Crippen LogP contribution in [0.5, 0.6) is 0 Å². The molecule has 10 heteroatoms. The van der Waals surface area contributed by atoms with E-state index < -0.39 is 15.6 Å². The van der Waals surface area contributed by atoms with Gasteiger partial charge in [0.25, 0.3) is 0 Å². The van der Waals surface area contributed by atoms with Gasteiger partial charge in [0.1, 0.15) is 0 Å². The van der Waals surface area contributed by atoms with Gasteiger partial charge in [0.2, 0.25) is 0 Å². The summed E-state index contributed by atoms with van der Waals surface area (Å²) in [6, 6.07) is 0. The molecule has 0 bridgehead atoms. The minimum Gasteiger partial charge on any atom is -0.741 e. The zero-order chi connectivity index (χ0) is 17.6. The first-order valence-electron chi connectivity index (χ1n) is 7.02. The summed E-state index contributed by atoms with van der Waals surface area (Å²) in [6.45, 7) is 9.10. The molecule has 0 atom stereocenters. The van der Waals surface area contributed by atoms with Gasteiger partial charge in [-0.15, -0.1) is 0 Å². The molecule has 0 radical (unpaired) electrons. The van der Waals surface area contributed by atoms with E-state index in [1.165, 1.54) is 31.9 Å². The van der Waals surface area contributed by atoms with Crippen molar-refractivity contribution in [2.75, 3.05) is 40.3 Å². The molecule has 6 nitrogen and oxygen atoms in total. The van der Waals surface area contributed by atoms with Crippen LogP contribution in [-0.4, -0.2) is 79.1 Å². The van der Waals surface area contributed by atoms with Crippen LogP contribution in [0.15, 0.2) is 0 Å². The molecule has 0 saturated carbocycles. The molecule has 0 aromatic carbocycles. The molecule has 0 aromatic rings. The number of hydrogen-bond donors (Lipinski definition) is 0. The summed E-state index contributed by atoms with van der Waals surface area (Å²) in [5, 5.41) is 0. The minimum atomic E-state index is -6.09. The summed E-state index contributed by atoms with van der Waals surface area (Å²) < 4.78 is 61.2. The third-order valence-electron chi connectivity index (χ3n) is 3.12. The zero-order valence-electron chi connectivity index (χ0n) is 13.4. The second-order valence-electron chi connectivity index (χ2n) is 4.96. The molecule has 22 heavy (non-hydrogen) atoms. The maximum Gasteiger partial charge on any atom is 0.485 e. The van der Waals surface area contributed by atoms with Crippen LogP contribution >= 0.6 is 0 Å². The number of hydrogen-bond acceptors (Lipinski definition) is 3. The first-order chi connectivity index (χ1) is 9.95. The van der Waals surface area contributed by atoms with Gasteiger partial charge in [0.05, 0.1) is 40.3 Å². The lowest BCUT2D eigenvalue weighted by atomic mass is 10.4. The van der Waals surface area contributed by atoms with Gasteiger partial charge in [-0.05, 0) is 26.7 Å². The van der Waals surface area contributed by atoms with Crippen LogP contribution in [0.3, 0.4) is 0 Å². The Hall–Kier alpha value is -1.03. The fraction of sp³-hybridized carbons (Fsp3) is 0.917. The summed E-state index contributed by atoms with van der Waals surface area (Å²) in [5.74, 6) is 1.40. The second kappa shape index (κ2) is 8.56. The fourth-order valence-corrected chi connectivity index (χ4v) is 2.19. The lowest BCUT2D eigenvalue weighted by Crippen LogP contribution is -2.47. The van der Waals surface area contributed by atoms with E-state index in [9.17, 15) is 13.2 Å². The largest absolute Gasteiger partial charge is 0.741 e. The highest BCUT2D eigenvalue weighted by Crippen LogP contribution is 2.20. The van der Waals surface area contributed by atoms with E-state index >= 15 is 0 Å².